The van der Waals surface area contributed by atoms with Gasteiger partial charge in [0, 0.05) is 6.54 Å². The fourth-order valence-corrected chi connectivity index (χ4v) is 3.13. The van der Waals surface area contributed by atoms with Crippen molar-refractivity contribution in [3.05, 3.63) is 54.3 Å². The molecule has 124 valence electrons. The Morgan fingerprint density at radius 3 is 2.96 bits per heavy atom. The number of methoxy groups -OCH3 is 1. The second-order valence-electron chi connectivity index (χ2n) is 5.95. The van der Waals surface area contributed by atoms with Crippen LogP contribution in [0.15, 0.2) is 51.5 Å². The first-order chi connectivity index (χ1) is 11.8. The monoisotopic (exact) mass is 325 g/mol. The summed E-state index contributed by atoms with van der Waals surface area (Å²) >= 11 is 0. The quantitative estimate of drug-likeness (QED) is 0.717. The van der Waals surface area contributed by atoms with Gasteiger partial charge < -0.3 is 13.6 Å². The van der Waals surface area contributed by atoms with Gasteiger partial charge in [0.1, 0.15) is 11.5 Å². The topological polar surface area (TPSA) is 64.5 Å². The van der Waals surface area contributed by atoms with Crippen molar-refractivity contribution in [2.24, 2.45) is 0 Å². The van der Waals surface area contributed by atoms with Crippen molar-refractivity contribution in [2.75, 3.05) is 20.2 Å². The summed E-state index contributed by atoms with van der Waals surface area (Å²) < 4.78 is 16.7. The minimum Gasteiger partial charge on any atom is -0.496 e. The molecule has 1 aliphatic rings. The van der Waals surface area contributed by atoms with Gasteiger partial charge in [-0.3, -0.25) is 4.90 Å². The summed E-state index contributed by atoms with van der Waals surface area (Å²) in [6.45, 7) is 2.71. The molecule has 3 aromatic rings. The standard InChI is InChI=1S/C18H19N3O3/c1-22-16-7-3-2-6-15(16)18-20-19-17(24-18)13-8-9-21(11-13)12-14-5-4-10-23-14/h2-7,10,13H,8-9,11-12H2,1H3/t13-/m0/s1. The van der Waals surface area contributed by atoms with Gasteiger partial charge in [-0.15, -0.1) is 10.2 Å². The Morgan fingerprint density at radius 2 is 2.12 bits per heavy atom. The van der Waals surface area contributed by atoms with Gasteiger partial charge in [0.15, 0.2) is 0 Å². The molecule has 1 atom stereocenters. The molecule has 1 aliphatic heterocycles. The first kappa shape index (κ1) is 15.0. The number of aromatic nitrogens is 2. The molecule has 0 radical (unpaired) electrons. The van der Waals surface area contributed by atoms with E-state index in [0.717, 1.165) is 43.1 Å². The fraction of sp³-hybridized carbons (Fsp3) is 0.333. The van der Waals surface area contributed by atoms with E-state index in [1.165, 1.54) is 0 Å². The number of hydrogen-bond acceptors (Lipinski definition) is 6. The highest BCUT2D eigenvalue weighted by Crippen LogP contribution is 2.32. The van der Waals surface area contributed by atoms with E-state index in [1.54, 1.807) is 13.4 Å². The molecular formula is C18H19N3O3. The van der Waals surface area contributed by atoms with E-state index in [-0.39, 0.29) is 5.92 Å². The Labute approximate surface area is 140 Å². The number of para-hydroxylation sites is 1. The number of rotatable bonds is 5. The largest absolute Gasteiger partial charge is 0.496 e. The van der Waals surface area contributed by atoms with Crippen molar-refractivity contribution < 1.29 is 13.6 Å². The predicted molar refractivity (Wildman–Crippen MR) is 87.6 cm³/mol. The van der Waals surface area contributed by atoms with Gasteiger partial charge in [-0.05, 0) is 37.2 Å². The second kappa shape index (κ2) is 6.49. The summed E-state index contributed by atoms with van der Waals surface area (Å²) in [4.78, 5) is 2.34. The Hall–Kier alpha value is -2.60. The zero-order valence-electron chi connectivity index (χ0n) is 13.5. The third kappa shape index (κ3) is 2.92. The summed E-state index contributed by atoms with van der Waals surface area (Å²) in [5.41, 5.74) is 0.823. The van der Waals surface area contributed by atoms with Crippen molar-refractivity contribution in [2.45, 2.75) is 18.9 Å². The highest BCUT2D eigenvalue weighted by Gasteiger charge is 2.29. The third-order valence-electron chi connectivity index (χ3n) is 4.36. The number of nitrogens with zero attached hydrogens (tertiary/aromatic N) is 3. The van der Waals surface area contributed by atoms with Crippen molar-refractivity contribution in [1.82, 2.24) is 15.1 Å². The average molecular weight is 325 g/mol. The van der Waals surface area contributed by atoms with Gasteiger partial charge >= 0.3 is 0 Å². The smallest absolute Gasteiger partial charge is 0.251 e. The summed E-state index contributed by atoms with van der Waals surface area (Å²) in [7, 11) is 1.64. The van der Waals surface area contributed by atoms with Gasteiger partial charge in [0.25, 0.3) is 5.89 Å². The van der Waals surface area contributed by atoms with Crippen molar-refractivity contribution in [1.29, 1.82) is 0 Å². The van der Waals surface area contributed by atoms with Crippen LogP contribution in [0.5, 0.6) is 5.75 Å². The molecule has 0 N–H and O–H groups in total. The van der Waals surface area contributed by atoms with Crippen molar-refractivity contribution in [3.63, 3.8) is 0 Å². The van der Waals surface area contributed by atoms with Crippen LogP contribution < -0.4 is 4.74 Å². The average Bonchev–Trinajstić information content (AvgIpc) is 3.36. The molecule has 0 amide bonds. The third-order valence-corrected chi connectivity index (χ3v) is 4.36. The number of ether oxygens (including phenoxy) is 1. The minimum atomic E-state index is 0.260. The van der Waals surface area contributed by atoms with Crippen LogP contribution in [-0.4, -0.2) is 35.3 Å². The maximum absolute atomic E-state index is 5.93. The SMILES string of the molecule is COc1ccccc1-c1nnc([C@H]2CCN(Cc3ccco3)C2)o1. The Morgan fingerprint density at radius 1 is 1.21 bits per heavy atom. The highest BCUT2D eigenvalue weighted by molar-refractivity contribution is 5.62. The van der Waals surface area contributed by atoms with Crippen LogP contribution in [0.3, 0.4) is 0 Å². The molecule has 1 aromatic carbocycles. The second-order valence-corrected chi connectivity index (χ2v) is 5.95. The van der Waals surface area contributed by atoms with E-state index in [9.17, 15) is 0 Å². The normalized spacial score (nSPS) is 18.1. The molecule has 0 spiro atoms. The van der Waals surface area contributed by atoms with E-state index in [0.29, 0.717) is 11.8 Å². The Bertz CT molecular complexity index is 797. The lowest BCUT2D eigenvalue weighted by molar-refractivity contribution is 0.290. The highest BCUT2D eigenvalue weighted by atomic mass is 16.5. The molecule has 24 heavy (non-hydrogen) atoms. The summed E-state index contributed by atoms with van der Waals surface area (Å²) in [6, 6.07) is 11.6. The number of likely N-dealkylation sites (tertiary alicyclic amines) is 1. The summed E-state index contributed by atoms with van der Waals surface area (Å²) in [5, 5.41) is 8.47. The van der Waals surface area contributed by atoms with Crippen molar-refractivity contribution >= 4 is 0 Å². The van der Waals surface area contributed by atoms with E-state index < -0.39 is 0 Å². The molecule has 1 fully saturated rings. The van der Waals surface area contributed by atoms with Crippen LogP contribution in [0.2, 0.25) is 0 Å². The lowest BCUT2D eigenvalue weighted by atomic mass is 10.1. The lowest BCUT2D eigenvalue weighted by Crippen LogP contribution is -2.19. The van der Waals surface area contributed by atoms with Crippen molar-refractivity contribution in [3.8, 4) is 17.2 Å². The van der Waals surface area contributed by atoms with Crippen LogP contribution in [0.1, 0.15) is 24.0 Å². The molecule has 4 rings (SSSR count). The molecule has 0 unspecified atom stereocenters. The van der Waals surface area contributed by atoms with Gasteiger partial charge in [-0.2, -0.15) is 0 Å². The first-order valence-corrected chi connectivity index (χ1v) is 8.05. The van der Waals surface area contributed by atoms with E-state index in [2.05, 4.69) is 15.1 Å². The number of furan rings is 1. The maximum atomic E-state index is 5.93. The number of benzene rings is 1. The van der Waals surface area contributed by atoms with Gasteiger partial charge in [0.05, 0.1) is 31.4 Å². The summed E-state index contributed by atoms with van der Waals surface area (Å²) in [5.74, 6) is 3.18. The molecule has 2 aromatic heterocycles. The molecule has 1 saturated heterocycles. The molecule has 6 nitrogen and oxygen atoms in total. The van der Waals surface area contributed by atoms with Crippen LogP contribution in [0.4, 0.5) is 0 Å². The van der Waals surface area contributed by atoms with Crippen LogP contribution in [0.25, 0.3) is 11.5 Å². The zero-order valence-corrected chi connectivity index (χ0v) is 13.5. The van der Waals surface area contributed by atoms with Crippen LogP contribution >= 0.6 is 0 Å². The van der Waals surface area contributed by atoms with E-state index in [4.69, 9.17) is 13.6 Å². The first-order valence-electron chi connectivity index (χ1n) is 8.05. The van der Waals surface area contributed by atoms with Gasteiger partial charge in [-0.1, -0.05) is 12.1 Å². The summed E-state index contributed by atoms with van der Waals surface area (Å²) in [6.07, 6.45) is 2.72. The minimum absolute atomic E-state index is 0.260. The van der Waals surface area contributed by atoms with Gasteiger partial charge in [-0.25, -0.2) is 0 Å². The molecule has 6 heteroatoms. The molecule has 0 saturated carbocycles. The van der Waals surface area contributed by atoms with Crippen LogP contribution in [0, 0.1) is 0 Å². The predicted octanol–water partition coefficient (Wildman–Crippen LogP) is 3.33. The molecule has 3 heterocycles. The van der Waals surface area contributed by atoms with E-state index >= 15 is 0 Å². The Kier molecular flexibility index (Phi) is 4.04. The molecule has 0 aliphatic carbocycles. The van der Waals surface area contributed by atoms with Gasteiger partial charge in [0.2, 0.25) is 5.89 Å². The van der Waals surface area contributed by atoms with E-state index in [1.807, 2.05) is 36.4 Å². The zero-order chi connectivity index (χ0) is 16.4. The fourth-order valence-electron chi connectivity index (χ4n) is 3.13. The molecule has 0 bridgehead atoms. The maximum Gasteiger partial charge on any atom is 0.251 e. The number of hydrogen-bond donors (Lipinski definition) is 0. The van der Waals surface area contributed by atoms with Crippen LogP contribution in [-0.2, 0) is 6.54 Å². The Balaban J connectivity index is 1.47. The molecular weight excluding hydrogens is 306 g/mol. The lowest BCUT2D eigenvalue weighted by Gasteiger charge is -2.12.